The second kappa shape index (κ2) is 17.7. The molecule has 0 atom stereocenters. The SMILES string of the molecule is O=C(OF)C(=O)OF.OB(O)O.OB(O)O.[H-].[Li+]. The summed E-state index contributed by atoms with van der Waals surface area (Å²) < 4.78 is 21.0. The van der Waals surface area contributed by atoms with Crippen molar-refractivity contribution in [3.8, 4) is 0 Å². The average Bonchev–Trinajstić information content (AvgIpc) is 2.13. The van der Waals surface area contributed by atoms with Crippen LogP contribution in [0, 0.1) is 0 Å². The van der Waals surface area contributed by atoms with Gasteiger partial charge in [-0.3, -0.25) is 0 Å². The summed E-state index contributed by atoms with van der Waals surface area (Å²) in [5.74, 6) is -4.04. The van der Waals surface area contributed by atoms with Gasteiger partial charge in [-0.25, -0.2) is 19.5 Å². The predicted molar refractivity (Wildman–Crippen MR) is 40.3 cm³/mol. The molecule has 0 fully saturated rings. The third-order valence-electron chi connectivity index (χ3n) is 0.307. The molecule has 0 aliphatic heterocycles. The molecule has 0 amide bonds. The minimum atomic E-state index is -2.17. The molecule has 15 heteroatoms. The summed E-state index contributed by atoms with van der Waals surface area (Å²) >= 11 is 0. The van der Waals surface area contributed by atoms with E-state index in [9.17, 15) is 18.6 Å². The average molecular weight is 258 g/mol. The van der Waals surface area contributed by atoms with Gasteiger partial charge in [0.2, 0.25) is 0 Å². The van der Waals surface area contributed by atoms with E-state index in [-0.39, 0.29) is 20.3 Å². The van der Waals surface area contributed by atoms with Crippen molar-refractivity contribution >= 4 is 26.6 Å². The fraction of sp³-hybridized carbons (Fsp3) is 0. The summed E-state index contributed by atoms with van der Waals surface area (Å²) in [6.07, 6.45) is 0. The standard InChI is InChI=1S/C2F2O4.2BH3O3.Li.H/c3-7-1(5)2(6)8-4;2*2-1(3)4;;/h;2*2-4H;;/q;;;+1;-1. The van der Waals surface area contributed by atoms with Crippen LogP contribution < -0.4 is 18.9 Å². The van der Waals surface area contributed by atoms with Gasteiger partial charge in [0.15, 0.2) is 0 Å². The quantitative estimate of drug-likeness (QED) is 0.181. The van der Waals surface area contributed by atoms with Gasteiger partial charge in [0.25, 0.3) is 0 Å². The zero-order valence-corrected chi connectivity index (χ0v) is 8.23. The van der Waals surface area contributed by atoms with Crippen LogP contribution in [0.25, 0.3) is 0 Å². The van der Waals surface area contributed by atoms with Gasteiger partial charge in [0.1, 0.15) is 0 Å². The molecule has 0 aromatic heterocycles. The fourth-order valence-corrected chi connectivity index (χ4v) is 0.0630. The summed E-state index contributed by atoms with van der Waals surface area (Å²) in [6, 6.07) is 0. The maximum Gasteiger partial charge on any atom is 1.00 e. The largest absolute Gasteiger partial charge is 1.00 e. The first-order chi connectivity index (χ1) is 7.18. The molecule has 10 nitrogen and oxygen atoms in total. The smallest absolute Gasteiger partial charge is 1.00 e. The van der Waals surface area contributed by atoms with E-state index in [1.807, 2.05) is 0 Å². The monoisotopic (exact) mass is 258 g/mol. The first-order valence-electron chi connectivity index (χ1n) is 2.92. The van der Waals surface area contributed by atoms with Crippen molar-refractivity contribution in [2.45, 2.75) is 0 Å². The number of rotatable bonds is 0. The minimum Gasteiger partial charge on any atom is -1.00 e. The van der Waals surface area contributed by atoms with Crippen LogP contribution in [-0.4, -0.2) is 56.7 Å². The number of carbonyl (C=O) groups excluding carboxylic acids is 2. The van der Waals surface area contributed by atoms with Crippen molar-refractivity contribution in [3.05, 3.63) is 0 Å². The van der Waals surface area contributed by atoms with E-state index in [2.05, 4.69) is 9.88 Å². The molecular weight excluding hydrogens is 251 g/mol. The van der Waals surface area contributed by atoms with Gasteiger partial charge < -0.3 is 31.6 Å². The zero-order valence-electron chi connectivity index (χ0n) is 9.23. The normalized spacial score (nSPS) is 6.82. The Morgan fingerprint density at radius 2 is 0.941 bits per heavy atom. The summed E-state index contributed by atoms with van der Waals surface area (Å²) in [6.45, 7) is 0. The molecule has 0 saturated carbocycles. The second-order valence-electron chi connectivity index (χ2n) is 1.42. The first kappa shape index (κ1) is 25.2. The molecule has 0 saturated heterocycles. The van der Waals surface area contributed by atoms with Crippen LogP contribution in [0.4, 0.5) is 9.05 Å². The molecule has 6 N–H and O–H groups in total. The van der Waals surface area contributed by atoms with Crippen molar-refractivity contribution in [3.63, 3.8) is 0 Å². The molecule has 0 heterocycles. The molecule has 0 unspecified atom stereocenters. The zero-order chi connectivity index (χ0) is 13.7. The Morgan fingerprint density at radius 1 is 0.824 bits per heavy atom. The fourth-order valence-electron chi connectivity index (χ4n) is 0.0630. The number of halogens is 2. The van der Waals surface area contributed by atoms with Crippen LogP contribution in [0.3, 0.4) is 0 Å². The molecule has 0 aliphatic carbocycles. The van der Waals surface area contributed by atoms with E-state index in [1.54, 1.807) is 0 Å². The predicted octanol–water partition coefficient (Wildman–Crippen LogP) is -7.15. The van der Waals surface area contributed by atoms with Crippen molar-refractivity contribution in [1.29, 1.82) is 0 Å². The Hall–Kier alpha value is -0.713. The molecule has 0 aromatic rings. The van der Waals surface area contributed by atoms with Crippen LogP contribution in [0.1, 0.15) is 1.43 Å². The van der Waals surface area contributed by atoms with Crippen molar-refractivity contribution in [1.82, 2.24) is 0 Å². The van der Waals surface area contributed by atoms with Gasteiger partial charge >= 0.3 is 45.4 Å². The molecule has 17 heavy (non-hydrogen) atoms. The first-order valence-corrected chi connectivity index (χ1v) is 2.92. The van der Waals surface area contributed by atoms with Crippen LogP contribution >= 0.6 is 0 Å². The molecule has 0 rings (SSSR count). The molecule has 0 radical (unpaired) electrons. The minimum absolute atomic E-state index is 0. The van der Waals surface area contributed by atoms with E-state index in [1.165, 1.54) is 0 Å². The van der Waals surface area contributed by atoms with Crippen LogP contribution in [0.5, 0.6) is 0 Å². The molecular formula is C2H7B2F2LiO10. The molecule has 96 valence electrons. The molecule has 0 spiro atoms. The topological polar surface area (TPSA) is 174 Å². The Morgan fingerprint density at radius 3 is 1.00 bits per heavy atom. The van der Waals surface area contributed by atoms with E-state index in [4.69, 9.17) is 30.1 Å². The van der Waals surface area contributed by atoms with Gasteiger partial charge in [-0.05, 0) is 0 Å². The van der Waals surface area contributed by atoms with Crippen molar-refractivity contribution < 1.29 is 79.0 Å². The van der Waals surface area contributed by atoms with Gasteiger partial charge in [-0.2, -0.15) is 0 Å². The maximum absolute atomic E-state index is 10.5. The Kier molecular flexibility index (Phi) is 26.2. The summed E-state index contributed by atoms with van der Waals surface area (Å²) in [5, 5.41) is 43.0. The third kappa shape index (κ3) is 50.8. The van der Waals surface area contributed by atoms with Gasteiger partial charge in [-0.15, -0.1) is 0 Å². The van der Waals surface area contributed by atoms with Crippen LogP contribution in [0.2, 0.25) is 0 Å². The Bertz CT molecular complexity index is 171. The molecule has 0 aliphatic rings. The van der Waals surface area contributed by atoms with E-state index >= 15 is 0 Å². The molecule has 0 aromatic carbocycles. The van der Waals surface area contributed by atoms with Crippen molar-refractivity contribution in [2.75, 3.05) is 0 Å². The molecule has 0 bridgehead atoms. The second-order valence-corrected chi connectivity index (χ2v) is 1.42. The Balaban J connectivity index is -0.0000000489. The van der Waals surface area contributed by atoms with Gasteiger partial charge in [-0.1, -0.05) is 0 Å². The third-order valence-corrected chi connectivity index (χ3v) is 0.307. The van der Waals surface area contributed by atoms with E-state index in [0.717, 1.165) is 0 Å². The number of hydrogen-bond donors (Lipinski definition) is 6. The summed E-state index contributed by atoms with van der Waals surface area (Å²) in [7, 11) is -4.33. The Labute approximate surface area is 106 Å². The van der Waals surface area contributed by atoms with E-state index in [0.29, 0.717) is 0 Å². The number of carbonyl (C=O) groups is 2. The maximum atomic E-state index is 10.5. The van der Waals surface area contributed by atoms with Crippen molar-refractivity contribution in [2.24, 2.45) is 0 Å². The number of hydrogen-bond acceptors (Lipinski definition) is 10. The summed E-state index contributed by atoms with van der Waals surface area (Å²) in [5.41, 5.74) is 0. The summed E-state index contributed by atoms with van der Waals surface area (Å²) in [4.78, 5) is 23.4. The van der Waals surface area contributed by atoms with E-state index < -0.39 is 26.6 Å². The van der Waals surface area contributed by atoms with Gasteiger partial charge in [0, 0.05) is 9.05 Å². The van der Waals surface area contributed by atoms with Crippen LogP contribution in [-0.2, 0) is 19.5 Å². The van der Waals surface area contributed by atoms with Gasteiger partial charge in [0.05, 0.1) is 0 Å². The van der Waals surface area contributed by atoms with Crippen LogP contribution in [0.15, 0.2) is 0 Å².